The maximum absolute atomic E-state index is 12.0. The molecule has 3 N–H and O–H groups in total. The van der Waals surface area contributed by atoms with Crippen LogP contribution in [0.4, 0.5) is 11.4 Å². The Hall–Kier alpha value is -1.24. The molecule has 2 aliphatic rings. The number of fused-ring (bicyclic) bond motifs is 1. The Morgan fingerprint density at radius 1 is 1.43 bits per heavy atom. The van der Waals surface area contributed by atoms with Crippen molar-refractivity contribution in [3.8, 4) is 0 Å². The normalized spacial score (nSPS) is 20.2. The first-order valence-corrected chi connectivity index (χ1v) is 7.79. The Labute approximate surface area is 134 Å². The number of carbonyl (C=O) groups excluding carboxylic acids is 2. The van der Waals surface area contributed by atoms with Gasteiger partial charge in [-0.15, -0.1) is 24.2 Å². The molecule has 5 nitrogen and oxygen atoms in total. The maximum atomic E-state index is 12.0. The van der Waals surface area contributed by atoms with E-state index >= 15 is 0 Å². The number of benzene rings is 1. The van der Waals surface area contributed by atoms with Crippen LogP contribution in [0.5, 0.6) is 0 Å². The lowest BCUT2D eigenvalue weighted by atomic mass is 10.1. The lowest BCUT2D eigenvalue weighted by Gasteiger charge is -2.17. The van der Waals surface area contributed by atoms with Gasteiger partial charge in [0.25, 0.3) is 0 Å². The number of amides is 2. The van der Waals surface area contributed by atoms with Gasteiger partial charge in [-0.1, -0.05) is 0 Å². The van der Waals surface area contributed by atoms with E-state index in [0.717, 1.165) is 35.7 Å². The summed E-state index contributed by atoms with van der Waals surface area (Å²) < 4.78 is 0. The van der Waals surface area contributed by atoms with Crippen LogP contribution in [0.3, 0.4) is 0 Å². The molecule has 1 atom stereocenters. The Kier molecular flexibility index (Phi) is 5.50. The molecule has 7 heteroatoms. The van der Waals surface area contributed by atoms with Gasteiger partial charge in [-0.2, -0.15) is 0 Å². The number of thioether (sulfide) groups is 1. The predicted octanol–water partition coefficient (Wildman–Crippen LogP) is 2.23. The van der Waals surface area contributed by atoms with Crippen molar-refractivity contribution in [3.05, 3.63) is 18.2 Å². The van der Waals surface area contributed by atoms with Gasteiger partial charge in [-0.25, -0.2) is 0 Å². The van der Waals surface area contributed by atoms with Crippen molar-refractivity contribution >= 4 is 47.4 Å². The Bertz CT molecular complexity index is 547. The Balaban J connectivity index is 0.00000161. The van der Waals surface area contributed by atoms with E-state index < -0.39 is 0 Å². The molecule has 1 aromatic carbocycles. The van der Waals surface area contributed by atoms with Gasteiger partial charge in [0.1, 0.15) is 0 Å². The highest BCUT2D eigenvalue weighted by atomic mass is 35.5. The summed E-state index contributed by atoms with van der Waals surface area (Å²) in [5, 5.41) is 9.03. The van der Waals surface area contributed by atoms with E-state index in [1.54, 1.807) is 0 Å². The molecule has 1 fully saturated rings. The van der Waals surface area contributed by atoms with Gasteiger partial charge in [0.2, 0.25) is 11.8 Å². The minimum Gasteiger partial charge on any atom is -0.326 e. The molecule has 0 saturated carbocycles. The second-order valence-corrected chi connectivity index (χ2v) is 6.11. The molecule has 2 amide bonds. The first-order valence-electron chi connectivity index (χ1n) is 6.80. The highest BCUT2D eigenvalue weighted by Crippen LogP contribution is 2.33. The van der Waals surface area contributed by atoms with Crippen LogP contribution in [0.1, 0.15) is 19.3 Å². The molecule has 0 radical (unpaired) electrons. The first-order chi connectivity index (χ1) is 9.70. The second kappa shape index (κ2) is 7.15. The molecule has 114 valence electrons. The van der Waals surface area contributed by atoms with Crippen LogP contribution in [-0.2, 0) is 9.59 Å². The van der Waals surface area contributed by atoms with Crippen molar-refractivity contribution in [2.45, 2.75) is 30.2 Å². The van der Waals surface area contributed by atoms with Crippen molar-refractivity contribution < 1.29 is 9.59 Å². The van der Waals surface area contributed by atoms with Gasteiger partial charge >= 0.3 is 0 Å². The number of carbonyl (C=O) groups is 2. The zero-order chi connectivity index (χ0) is 13.9. The third-order valence-electron chi connectivity index (χ3n) is 3.49. The summed E-state index contributed by atoms with van der Waals surface area (Å²) in [5.74, 6) is 0.465. The predicted molar refractivity (Wildman–Crippen MR) is 87.3 cm³/mol. The van der Waals surface area contributed by atoms with Crippen molar-refractivity contribution in [2.24, 2.45) is 0 Å². The summed E-state index contributed by atoms with van der Waals surface area (Å²) in [4.78, 5) is 24.4. The van der Waals surface area contributed by atoms with Gasteiger partial charge in [-0.3, -0.25) is 9.59 Å². The number of hydrogen-bond acceptors (Lipinski definition) is 4. The van der Waals surface area contributed by atoms with Crippen LogP contribution >= 0.6 is 24.2 Å². The van der Waals surface area contributed by atoms with Gasteiger partial charge < -0.3 is 16.0 Å². The topological polar surface area (TPSA) is 70.2 Å². The smallest absolute Gasteiger partial charge is 0.234 e. The highest BCUT2D eigenvalue weighted by molar-refractivity contribution is 8.00. The lowest BCUT2D eigenvalue weighted by molar-refractivity contribution is -0.116. The largest absolute Gasteiger partial charge is 0.326 e. The van der Waals surface area contributed by atoms with Crippen molar-refractivity contribution in [2.75, 3.05) is 22.9 Å². The fraction of sp³-hybridized carbons (Fsp3) is 0.429. The summed E-state index contributed by atoms with van der Waals surface area (Å²) in [6, 6.07) is 5.92. The molecule has 21 heavy (non-hydrogen) atoms. The second-order valence-electron chi connectivity index (χ2n) is 5.09. The summed E-state index contributed by atoms with van der Waals surface area (Å²) in [6.45, 7) is 1.00. The highest BCUT2D eigenvalue weighted by Gasteiger charge is 2.19. The van der Waals surface area contributed by atoms with Crippen molar-refractivity contribution in [1.82, 2.24) is 5.32 Å². The van der Waals surface area contributed by atoms with E-state index in [1.165, 1.54) is 11.8 Å². The monoisotopic (exact) mass is 327 g/mol. The third kappa shape index (κ3) is 4.12. The number of nitrogens with one attached hydrogen (secondary N) is 3. The van der Waals surface area contributed by atoms with Gasteiger partial charge in [0, 0.05) is 23.0 Å². The summed E-state index contributed by atoms with van der Waals surface area (Å²) in [6.07, 6.45) is 2.70. The van der Waals surface area contributed by atoms with E-state index in [9.17, 15) is 9.59 Å². The minimum absolute atomic E-state index is 0. The minimum atomic E-state index is 0. The molecule has 0 aromatic heterocycles. The molecule has 1 aromatic rings. The molecule has 0 spiro atoms. The molecule has 2 aliphatic heterocycles. The van der Waals surface area contributed by atoms with Crippen LogP contribution in [0.15, 0.2) is 23.1 Å². The molecule has 3 rings (SSSR count). The maximum Gasteiger partial charge on any atom is 0.234 e. The summed E-state index contributed by atoms with van der Waals surface area (Å²) in [7, 11) is 0. The van der Waals surface area contributed by atoms with E-state index in [0.29, 0.717) is 18.2 Å². The van der Waals surface area contributed by atoms with Crippen molar-refractivity contribution in [1.29, 1.82) is 0 Å². The van der Waals surface area contributed by atoms with Gasteiger partial charge in [0.05, 0.1) is 11.4 Å². The molecular weight excluding hydrogens is 310 g/mol. The number of halogens is 1. The SMILES string of the molecule is Cl.O=C(CC1CCCN1)Nc1ccc2c(c1)NC(=O)CS2. The molecule has 1 unspecified atom stereocenters. The average molecular weight is 328 g/mol. The number of anilines is 2. The van der Waals surface area contributed by atoms with Gasteiger partial charge in [-0.05, 0) is 37.6 Å². The standard InChI is InChI=1S/C14H17N3O2S.ClH/c18-13(7-9-2-1-5-15-9)16-10-3-4-12-11(6-10)17-14(19)8-20-12;/h3-4,6,9,15H,1-2,5,7-8H2,(H,16,18)(H,17,19);1H. The average Bonchev–Trinajstić information content (AvgIpc) is 2.91. The Morgan fingerprint density at radius 2 is 2.29 bits per heavy atom. The van der Waals surface area contributed by atoms with E-state index in [2.05, 4.69) is 16.0 Å². The quantitative estimate of drug-likeness (QED) is 0.796. The van der Waals surface area contributed by atoms with Crippen LogP contribution in [0.25, 0.3) is 0 Å². The molecule has 0 bridgehead atoms. The Morgan fingerprint density at radius 3 is 3.05 bits per heavy atom. The van der Waals surface area contributed by atoms with E-state index in [4.69, 9.17) is 0 Å². The number of rotatable bonds is 3. The van der Waals surface area contributed by atoms with Crippen LogP contribution in [-0.4, -0.2) is 30.2 Å². The zero-order valence-electron chi connectivity index (χ0n) is 11.5. The van der Waals surface area contributed by atoms with E-state index in [1.807, 2.05) is 18.2 Å². The third-order valence-corrected chi connectivity index (χ3v) is 4.56. The lowest BCUT2D eigenvalue weighted by Crippen LogP contribution is -2.27. The molecular formula is C14H18ClN3O2S. The van der Waals surface area contributed by atoms with Gasteiger partial charge in [0.15, 0.2) is 0 Å². The molecule has 1 saturated heterocycles. The summed E-state index contributed by atoms with van der Waals surface area (Å²) in [5.41, 5.74) is 1.51. The first kappa shape index (κ1) is 16.1. The fourth-order valence-corrected chi connectivity index (χ4v) is 3.32. The molecule has 2 heterocycles. The number of hydrogen-bond donors (Lipinski definition) is 3. The summed E-state index contributed by atoms with van der Waals surface area (Å²) >= 11 is 1.52. The van der Waals surface area contributed by atoms with Crippen LogP contribution in [0, 0.1) is 0 Å². The van der Waals surface area contributed by atoms with E-state index in [-0.39, 0.29) is 24.2 Å². The zero-order valence-corrected chi connectivity index (χ0v) is 13.1. The van der Waals surface area contributed by atoms with Crippen LogP contribution in [0.2, 0.25) is 0 Å². The molecule has 0 aliphatic carbocycles. The van der Waals surface area contributed by atoms with Crippen molar-refractivity contribution in [3.63, 3.8) is 0 Å². The fourth-order valence-electron chi connectivity index (χ4n) is 2.53. The van der Waals surface area contributed by atoms with Crippen LogP contribution < -0.4 is 16.0 Å².